The molecule has 1 aliphatic carbocycles. The van der Waals surface area contributed by atoms with Crippen molar-refractivity contribution in [3.05, 3.63) is 39.9 Å². The minimum atomic E-state index is -0.0394. The number of benzene rings is 1. The normalized spacial score (nSPS) is 18.0. The zero-order valence-electron chi connectivity index (χ0n) is 13.2. The van der Waals surface area contributed by atoms with Crippen LogP contribution in [0.2, 0.25) is 5.02 Å². The highest BCUT2D eigenvalue weighted by atomic mass is 35.5. The van der Waals surface area contributed by atoms with Gasteiger partial charge in [0.05, 0.1) is 22.3 Å². The van der Waals surface area contributed by atoms with Crippen LogP contribution in [0.3, 0.4) is 0 Å². The van der Waals surface area contributed by atoms with Crippen LogP contribution in [0.4, 0.5) is 0 Å². The molecule has 1 heterocycles. The van der Waals surface area contributed by atoms with Crippen LogP contribution in [-0.4, -0.2) is 34.1 Å². The summed E-state index contributed by atoms with van der Waals surface area (Å²) < 4.78 is 1.74. The second-order valence-electron chi connectivity index (χ2n) is 6.49. The van der Waals surface area contributed by atoms with Crippen LogP contribution in [0, 0.1) is 0 Å². The Morgan fingerprint density at radius 3 is 2.68 bits per heavy atom. The SMILES string of the molecule is CN(C)C1(Cn2cnc3cccc(Cl)c3c2=O)CCCCC1. The van der Waals surface area contributed by atoms with Gasteiger partial charge in [-0.2, -0.15) is 0 Å². The fourth-order valence-electron chi connectivity index (χ4n) is 3.55. The molecule has 5 heteroatoms. The van der Waals surface area contributed by atoms with Crippen molar-refractivity contribution in [2.24, 2.45) is 0 Å². The molecule has 118 valence electrons. The average molecular weight is 320 g/mol. The van der Waals surface area contributed by atoms with Gasteiger partial charge in [0.2, 0.25) is 0 Å². The predicted octanol–water partition coefficient (Wildman–Crippen LogP) is 3.31. The second-order valence-corrected chi connectivity index (χ2v) is 6.90. The Labute approximate surface area is 135 Å². The van der Waals surface area contributed by atoms with Gasteiger partial charge in [-0.05, 0) is 39.1 Å². The molecule has 1 aromatic carbocycles. The van der Waals surface area contributed by atoms with Crippen molar-refractivity contribution in [3.63, 3.8) is 0 Å². The lowest BCUT2D eigenvalue weighted by Crippen LogP contribution is -2.50. The molecule has 0 amide bonds. The number of rotatable bonds is 3. The maximum atomic E-state index is 12.8. The first-order valence-electron chi connectivity index (χ1n) is 7.85. The van der Waals surface area contributed by atoms with Gasteiger partial charge in [0, 0.05) is 12.1 Å². The second kappa shape index (κ2) is 6.01. The van der Waals surface area contributed by atoms with Crippen LogP contribution in [-0.2, 0) is 6.54 Å². The summed E-state index contributed by atoms with van der Waals surface area (Å²) in [6.45, 7) is 0.674. The van der Waals surface area contributed by atoms with Crippen molar-refractivity contribution in [3.8, 4) is 0 Å². The van der Waals surface area contributed by atoms with E-state index in [2.05, 4.69) is 24.0 Å². The number of halogens is 1. The number of hydrogen-bond acceptors (Lipinski definition) is 3. The zero-order valence-corrected chi connectivity index (χ0v) is 13.9. The maximum Gasteiger partial charge on any atom is 0.262 e. The average Bonchev–Trinajstić information content (AvgIpc) is 2.51. The monoisotopic (exact) mass is 319 g/mol. The van der Waals surface area contributed by atoms with Gasteiger partial charge in [-0.1, -0.05) is 36.9 Å². The van der Waals surface area contributed by atoms with Gasteiger partial charge in [0.25, 0.3) is 5.56 Å². The van der Waals surface area contributed by atoms with Crippen molar-refractivity contribution < 1.29 is 0 Å². The Bertz CT molecular complexity index is 732. The largest absolute Gasteiger partial charge is 0.302 e. The fourth-order valence-corrected chi connectivity index (χ4v) is 3.80. The molecular weight excluding hydrogens is 298 g/mol. The molecule has 0 aliphatic heterocycles. The lowest BCUT2D eigenvalue weighted by atomic mass is 9.80. The van der Waals surface area contributed by atoms with Crippen molar-refractivity contribution in [2.75, 3.05) is 14.1 Å². The maximum absolute atomic E-state index is 12.8. The summed E-state index contributed by atoms with van der Waals surface area (Å²) >= 11 is 6.21. The smallest absolute Gasteiger partial charge is 0.262 e. The van der Waals surface area contributed by atoms with Crippen molar-refractivity contribution in [2.45, 2.75) is 44.2 Å². The molecule has 2 aromatic rings. The van der Waals surface area contributed by atoms with Crippen LogP contribution in [0.1, 0.15) is 32.1 Å². The summed E-state index contributed by atoms with van der Waals surface area (Å²) in [7, 11) is 4.22. The highest BCUT2D eigenvalue weighted by Crippen LogP contribution is 2.33. The van der Waals surface area contributed by atoms with E-state index in [1.54, 1.807) is 17.0 Å². The predicted molar refractivity (Wildman–Crippen MR) is 90.5 cm³/mol. The van der Waals surface area contributed by atoms with E-state index in [-0.39, 0.29) is 11.1 Å². The molecule has 1 saturated carbocycles. The van der Waals surface area contributed by atoms with Crippen LogP contribution in [0.25, 0.3) is 10.9 Å². The number of nitrogens with zero attached hydrogens (tertiary/aromatic N) is 3. The van der Waals surface area contributed by atoms with Gasteiger partial charge in [0.15, 0.2) is 0 Å². The first-order valence-corrected chi connectivity index (χ1v) is 8.22. The van der Waals surface area contributed by atoms with Gasteiger partial charge < -0.3 is 4.90 Å². The summed E-state index contributed by atoms with van der Waals surface area (Å²) in [5.41, 5.74) is 0.664. The van der Waals surface area contributed by atoms with Crippen LogP contribution in [0.15, 0.2) is 29.3 Å². The molecule has 3 rings (SSSR count). The third kappa shape index (κ3) is 2.66. The van der Waals surface area contributed by atoms with Crippen molar-refractivity contribution in [1.82, 2.24) is 14.5 Å². The Kier molecular flexibility index (Phi) is 4.24. The minimum Gasteiger partial charge on any atom is -0.302 e. The lowest BCUT2D eigenvalue weighted by molar-refractivity contribution is 0.0795. The van der Waals surface area contributed by atoms with E-state index in [1.807, 2.05) is 12.1 Å². The van der Waals surface area contributed by atoms with E-state index in [0.29, 0.717) is 22.5 Å². The molecule has 1 aromatic heterocycles. The molecule has 1 aliphatic rings. The molecule has 0 N–H and O–H groups in total. The van der Waals surface area contributed by atoms with Crippen molar-refractivity contribution >= 4 is 22.5 Å². The Balaban J connectivity index is 2.05. The molecule has 0 radical (unpaired) electrons. The minimum absolute atomic E-state index is 0.0394. The molecule has 0 spiro atoms. The first-order chi connectivity index (χ1) is 10.5. The Morgan fingerprint density at radius 2 is 2.00 bits per heavy atom. The molecule has 22 heavy (non-hydrogen) atoms. The van der Waals surface area contributed by atoms with E-state index in [4.69, 9.17) is 11.6 Å². The Hall–Kier alpha value is -1.39. The summed E-state index contributed by atoms with van der Waals surface area (Å²) in [5, 5.41) is 1.00. The van der Waals surface area contributed by atoms with E-state index in [1.165, 1.54) is 19.3 Å². The van der Waals surface area contributed by atoms with E-state index in [0.717, 1.165) is 12.8 Å². The molecule has 0 bridgehead atoms. The molecule has 0 unspecified atom stereocenters. The number of likely N-dealkylation sites (N-methyl/N-ethyl adjacent to an activating group) is 1. The van der Waals surface area contributed by atoms with Gasteiger partial charge in [-0.25, -0.2) is 4.98 Å². The highest BCUT2D eigenvalue weighted by molar-refractivity contribution is 6.35. The van der Waals surface area contributed by atoms with Crippen LogP contribution in [0.5, 0.6) is 0 Å². The summed E-state index contributed by atoms with van der Waals surface area (Å²) in [4.78, 5) is 19.5. The standard InChI is InChI=1S/C17H22ClN3O/c1-20(2)17(9-4-3-5-10-17)11-21-12-19-14-8-6-7-13(18)15(14)16(21)22/h6-8,12H,3-5,9-11H2,1-2H3. The van der Waals surface area contributed by atoms with Gasteiger partial charge >= 0.3 is 0 Å². The third-order valence-corrected chi connectivity index (χ3v) is 5.32. The van der Waals surface area contributed by atoms with Crippen molar-refractivity contribution in [1.29, 1.82) is 0 Å². The Morgan fingerprint density at radius 1 is 1.27 bits per heavy atom. The van der Waals surface area contributed by atoms with Crippen LogP contribution < -0.4 is 5.56 Å². The number of aromatic nitrogens is 2. The molecule has 0 atom stereocenters. The zero-order chi connectivity index (χ0) is 15.7. The number of fused-ring (bicyclic) bond motifs is 1. The summed E-state index contributed by atoms with van der Waals surface area (Å²) in [6.07, 6.45) is 7.62. The molecular formula is C17H22ClN3O. The quantitative estimate of drug-likeness (QED) is 0.871. The molecule has 0 saturated heterocycles. The summed E-state index contributed by atoms with van der Waals surface area (Å²) in [5.74, 6) is 0. The molecule has 4 nitrogen and oxygen atoms in total. The van der Waals surface area contributed by atoms with E-state index in [9.17, 15) is 4.79 Å². The third-order valence-electron chi connectivity index (χ3n) is 5.00. The van der Waals surface area contributed by atoms with Crippen LogP contribution >= 0.6 is 11.6 Å². The lowest BCUT2D eigenvalue weighted by Gasteiger charge is -2.43. The highest BCUT2D eigenvalue weighted by Gasteiger charge is 2.35. The van der Waals surface area contributed by atoms with Gasteiger partial charge in [-0.15, -0.1) is 0 Å². The fraction of sp³-hybridized carbons (Fsp3) is 0.529. The van der Waals surface area contributed by atoms with E-state index < -0.39 is 0 Å². The number of hydrogen-bond donors (Lipinski definition) is 0. The van der Waals surface area contributed by atoms with E-state index >= 15 is 0 Å². The first kappa shape index (κ1) is 15.5. The molecule has 1 fully saturated rings. The van der Waals surface area contributed by atoms with Gasteiger partial charge in [0.1, 0.15) is 0 Å². The topological polar surface area (TPSA) is 38.1 Å². The summed E-state index contributed by atoms with van der Waals surface area (Å²) in [6, 6.07) is 5.40. The van der Waals surface area contributed by atoms with Gasteiger partial charge in [-0.3, -0.25) is 9.36 Å².